The van der Waals surface area contributed by atoms with Crippen LogP contribution < -0.4 is 9.47 Å². The van der Waals surface area contributed by atoms with Crippen molar-refractivity contribution in [3.8, 4) is 22.8 Å². The van der Waals surface area contributed by atoms with Crippen molar-refractivity contribution in [2.45, 2.75) is 30.9 Å². The van der Waals surface area contributed by atoms with Gasteiger partial charge in [-0.15, -0.1) is 0 Å². The van der Waals surface area contributed by atoms with E-state index in [0.29, 0.717) is 11.3 Å². The zero-order valence-electron chi connectivity index (χ0n) is 21.8. The number of fused-ring (bicyclic) bond motifs is 1. The number of pyridine rings is 2. The molecule has 38 heavy (non-hydrogen) atoms. The molecule has 3 atom stereocenters. The highest BCUT2D eigenvalue weighted by atomic mass is 32.2. The molecule has 0 radical (unpaired) electrons. The van der Waals surface area contributed by atoms with E-state index in [-0.39, 0.29) is 47.9 Å². The SMILES string of the molecule is COc1ccc(S(=O)(=O)N(C)C[C@@H]2Oc3ncc(-c4ccncc4)cc3C(=O)N([C@H](C)CO)C[C@H]2C)cc1. The number of hydrogen-bond donors (Lipinski definition) is 1. The van der Waals surface area contributed by atoms with Gasteiger partial charge in [-0.25, -0.2) is 13.4 Å². The predicted octanol–water partition coefficient (Wildman–Crippen LogP) is 2.69. The van der Waals surface area contributed by atoms with Crippen LogP contribution in [0.3, 0.4) is 0 Å². The third-order valence-corrected chi connectivity index (χ3v) is 8.58. The van der Waals surface area contributed by atoms with E-state index in [9.17, 15) is 18.3 Å². The average Bonchev–Trinajstić information content (AvgIpc) is 2.94. The van der Waals surface area contributed by atoms with E-state index in [1.165, 1.54) is 30.6 Å². The summed E-state index contributed by atoms with van der Waals surface area (Å²) in [6.07, 6.45) is 4.30. The van der Waals surface area contributed by atoms with Gasteiger partial charge in [0.1, 0.15) is 17.4 Å². The Morgan fingerprint density at radius 1 is 1.18 bits per heavy atom. The minimum atomic E-state index is -3.82. The lowest BCUT2D eigenvalue weighted by molar-refractivity contribution is 0.0373. The fraction of sp³-hybridized carbons (Fsp3) is 0.370. The number of hydrogen-bond acceptors (Lipinski definition) is 8. The van der Waals surface area contributed by atoms with E-state index < -0.39 is 22.2 Å². The first-order valence-electron chi connectivity index (χ1n) is 12.2. The van der Waals surface area contributed by atoms with Crippen LogP contribution in [-0.4, -0.2) is 84.6 Å². The molecule has 1 N–H and O–H groups in total. The highest BCUT2D eigenvalue weighted by Gasteiger charge is 2.36. The third kappa shape index (κ3) is 5.64. The van der Waals surface area contributed by atoms with Gasteiger partial charge in [-0.2, -0.15) is 4.31 Å². The maximum absolute atomic E-state index is 13.6. The van der Waals surface area contributed by atoms with Crippen LogP contribution >= 0.6 is 0 Å². The molecule has 0 saturated carbocycles. The van der Waals surface area contributed by atoms with Crippen LogP contribution in [0.2, 0.25) is 0 Å². The number of methoxy groups -OCH3 is 1. The Hall–Kier alpha value is -3.54. The second-order valence-electron chi connectivity index (χ2n) is 9.40. The Balaban J connectivity index is 1.68. The molecule has 10 nitrogen and oxygen atoms in total. The molecule has 2 aromatic heterocycles. The number of benzene rings is 1. The van der Waals surface area contributed by atoms with Crippen LogP contribution in [0, 0.1) is 5.92 Å². The minimum absolute atomic E-state index is 0.0261. The van der Waals surface area contributed by atoms with Crippen LogP contribution in [0.1, 0.15) is 24.2 Å². The highest BCUT2D eigenvalue weighted by Crippen LogP contribution is 2.31. The van der Waals surface area contributed by atoms with Crippen LogP contribution in [-0.2, 0) is 10.0 Å². The van der Waals surface area contributed by atoms with Crippen LogP contribution in [0.25, 0.3) is 11.1 Å². The van der Waals surface area contributed by atoms with Crippen LogP contribution in [0.15, 0.2) is 66.0 Å². The van der Waals surface area contributed by atoms with Gasteiger partial charge in [0.15, 0.2) is 0 Å². The van der Waals surface area contributed by atoms with Gasteiger partial charge in [-0.1, -0.05) is 6.92 Å². The topological polar surface area (TPSA) is 122 Å². The number of carbonyl (C=O) groups excluding carboxylic acids is 1. The standard InChI is InChI=1S/C27H32N4O6S/c1-18-15-31(19(2)17-32)27(33)24-13-21(20-9-11-28-12-10-20)14-29-26(24)37-25(18)16-30(3)38(34,35)23-7-5-22(36-4)6-8-23/h5-14,18-19,25,32H,15-17H2,1-4H3/t18-,19-,25+/m1/s1. The number of aliphatic hydroxyl groups is 1. The summed E-state index contributed by atoms with van der Waals surface area (Å²) in [5, 5.41) is 9.87. The molecule has 3 heterocycles. The van der Waals surface area contributed by atoms with Gasteiger partial charge in [0.05, 0.1) is 31.2 Å². The number of rotatable bonds is 8. The number of nitrogens with zero attached hydrogens (tertiary/aromatic N) is 4. The Bertz CT molecular complexity index is 1370. The number of sulfonamides is 1. The quantitative estimate of drug-likeness (QED) is 0.463. The molecule has 202 valence electrons. The summed E-state index contributed by atoms with van der Waals surface area (Å²) >= 11 is 0. The number of aromatic nitrogens is 2. The maximum atomic E-state index is 13.6. The summed E-state index contributed by atoms with van der Waals surface area (Å²) < 4.78 is 39.2. The largest absolute Gasteiger partial charge is 0.497 e. The summed E-state index contributed by atoms with van der Waals surface area (Å²) in [5.41, 5.74) is 1.79. The molecule has 3 aromatic rings. The van der Waals surface area contributed by atoms with Crippen molar-refractivity contribution in [1.29, 1.82) is 0 Å². The number of carbonyl (C=O) groups is 1. The lowest BCUT2D eigenvalue weighted by Gasteiger charge is -2.37. The number of aliphatic hydroxyl groups excluding tert-OH is 1. The van der Waals surface area contributed by atoms with Gasteiger partial charge < -0.3 is 19.5 Å². The zero-order chi connectivity index (χ0) is 27.4. The summed E-state index contributed by atoms with van der Waals surface area (Å²) in [5.74, 6) is 0.0978. The molecular weight excluding hydrogens is 508 g/mol. The Morgan fingerprint density at radius 3 is 2.50 bits per heavy atom. The first kappa shape index (κ1) is 27.5. The zero-order valence-corrected chi connectivity index (χ0v) is 22.6. The maximum Gasteiger partial charge on any atom is 0.259 e. The Labute approximate surface area is 222 Å². The van der Waals surface area contributed by atoms with Gasteiger partial charge in [-0.05, 0) is 55.0 Å². The molecule has 0 bridgehead atoms. The average molecular weight is 541 g/mol. The van der Waals surface area contributed by atoms with Crippen molar-refractivity contribution in [2.75, 3.05) is 33.9 Å². The number of likely N-dealkylation sites (N-methyl/N-ethyl adjacent to an activating group) is 1. The lowest BCUT2D eigenvalue weighted by atomic mass is 9.99. The van der Waals surface area contributed by atoms with E-state index in [2.05, 4.69) is 9.97 Å². The smallest absolute Gasteiger partial charge is 0.259 e. The van der Waals surface area contributed by atoms with Gasteiger partial charge in [-0.3, -0.25) is 9.78 Å². The molecule has 4 rings (SSSR count). The molecule has 11 heteroatoms. The van der Waals surface area contributed by atoms with Gasteiger partial charge in [0.2, 0.25) is 15.9 Å². The van der Waals surface area contributed by atoms with E-state index in [4.69, 9.17) is 9.47 Å². The van der Waals surface area contributed by atoms with Crippen molar-refractivity contribution >= 4 is 15.9 Å². The summed E-state index contributed by atoms with van der Waals surface area (Å²) in [6.45, 7) is 3.72. The van der Waals surface area contributed by atoms with E-state index in [1.54, 1.807) is 48.6 Å². The van der Waals surface area contributed by atoms with Crippen molar-refractivity contribution in [2.24, 2.45) is 5.92 Å². The second-order valence-corrected chi connectivity index (χ2v) is 11.4. The molecule has 1 aliphatic heterocycles. The van der Waals surface area contributed by atoms with Crippen molar-refractivity contribution in [1.82, 2.24) is 19.2 Å². The van der Waals surface area contributed by atoms with Crippen LogP contribution in [0.5, 0.6) is 11.6 Å². The first-order valence-corrected chi connectivity index (χ1v) is 13.7. The summed E-state index contributed by atoms with van der Waals surface area (Å²) in [6, 6.07) is 11.1. The molecule has 0 fully saturated rings. The third-order valence-electron chi connectivity index (χ3n) is 6.74. The molecule has 1 amide bonds. The fourth-order valence-corrected chi connectivity index (χ4v) is 5.48. The molecule has 1 aromatic carbocycles. The van der Waals surface area contributed by atoms with Gasteiger partial charge in [0.25, 0.3) is 5.91 Å². The summed E-state index contributed by atoms with van der Waals surface area (Å²) in [7, 11) is -0.813. The molecule has 0 spiro atoms. The van der Waals surface area contributed by atoms with Gasteiger partial charge in [0, 0.05) is 43.7 Å². The molecule has 0 saturated heterocycles. The summed E-state index contributed by atoms with van der Waals surface area (Å²) in [4.78, 5) is 23.8. The van der Waals surface area contributed by atoms with E-state index >= 15 is 0 Å². The van der Waals surface area contributed by atoms with E-state index in [1.807, 2.05) is 19.1 Å². The Morgan fingerprint density at radius 2 is 1.87 bits per heavy atom. The van der Waals surface area contributed by atoms with E-state index in [0.717, 1.165) is 5.56 Å². The molecule has 1 aliphatic rings. The predicted molar refractivity (Wildman–Crippen MR) is 141 cm³/mol. The normalized spacial score (nSPS) is 18.8. The highest BCUT2D eigenvalue weighted by molar-refractivity contribution is 7.89. The second kappa shape index (κ2) is 11.5. The minimum Gasteiger partial charge on any atom is -0.497 e. The monoisotopic (exact) mass is 540 g/mol. The lowest BCUT2D eigenvalue weighted by Crippen LogP contribution is -2.50. The molecule has 0 aliphatic carbocycles. The molecule has 0 unspecified atom stereocenters. The van der Waals surface area contributed by atoms with Crippen molar-refractivity contribution in [3.63, 3.8) is 0 Å². The van der Waals surface area contributed by atoms with Crippen molar-refractivity contribution in [3.05, 3.63) is 66.6 Å². The molecular formula is C27H32N4O6S. The Kier molecular flexibility index (Phi) is 8.29. The van der Waals surface area contributed by atoms with Crippen LogP contribution in [0.4, 0.5) is 0 Å². The van der Waals surface area contributed by atoms with Gasteiger partial charge >= 0.3 is 0 Å². The fourth-order valence-electron chi connectivity index (χ4n) is 4.30. The number of amides is 1. The first-order chi connectivity index (χ1) is 18.1. The van der Waals surface area contributed by atoms with Crippen molar-refractivity contribution < 1.29 is 27.8 Å². The number of ether oxygens (including phenoxy) is 2.